The summed E-state index contributed by atoms with van der Waals surface area (Å²) in [6.45, 7) is 8.77. The molecule has 0 fully saturated rings. The lowest BCUT2D eigenvalue weighted by molar-refractivity contribution is -0.128. The van der Waals surface area contributed by atoms with Gasteiger partial charge in [0.1, 0.15) is 6.04 Å². The highest BCUT2D eigenvalue weighted by Crippen LogP contribution is 2.19. The molecule has 0 saturated heterocycles. The summed E-state index contributed by atoms with van der Waals surface area (Å²) >= 11 is 0. The molecule has 5 nitrogen and oxygen atoms in total. The monoisotopic (exact) mass is 429 g/mol. The molecule has 1 heterocycles. The van der Waals surface area contributed by atoms with Gasteiger partial charge in [0.2, 0.25) is 11.8 Å². The fourth-order valence-corrected chi connectivity index (χ4v) is 3.79. The largest absolute Gasteiger partial charge is 0.343 e. The summed E-state index contributed by atoms with van der Waals surface area (Å²) in [5.41, 5.74) is 5.36. The number of halogens is 1. The van der Waals surface area contributed by atoms with Gasteiger partial charge < -0.3 is 16.0 Å². The van der Waals surface area contributed by atoms with E-state index in [-0.39, 0.29) is 36.2 Å². The van der Waals surface area contributed by atoms with Crippen molar-refractivity contribution in [2.45, 2.75) is 59.2 Å². The van der Waals surface area contributed by atoms with Gasteiger partial charge in [-0.05, 0) is 55.4 Å². The molecule has 3 rings (SSSR count). The summed E-state index contributed by atoms with van der Waals surface area (Å²) in [6, 6.07) is 13.2. The predicted octanol–water partition coefficient (Wildman–Crippen LogP) is 3.91. The minimum Gasteiger partial charge on any atom is -0.343 e. The number of hydrogen-bond acceptors (Lipinski definition) is 3. The third kappa shape index (κ3) is 6.07. The van der Waals surface area contributed by atoms with E-state index >= 15 is 0 Å². The van der Waals surface area contributed by atoms with Crippen LogP contribution in [0.25, 0.3) is 0 Å². The van der Waals surface area contributed by atoms with E-state index in [1.54, 1.807) is 0 Å². The SMILES string of the molecule is Cc1ccc(NC(=O)[C@H](CC(C)C)NC(=O)[C@@H]2Cc3ccccc3CN2)c(C)c1.Cl. The highest BCUT2D eigenvalue weighted by atomic mass is 35.5. The zero-order valence-corrected chi connectivity index (χ0v) is 18.9. The Morgan fingerprint density at radius 3 is 2.47 bits per heavy atom. The van der Waals surface area contributed by atoms with Crippen LogP contribution in [0.15, 0.2) is 42.5 Å². The van der Waals surface area contributed by atoms with E-state index in [2.05, 4.69) is 41.9 Å². The molecule has 3 N–H and O–H groups in total. The number of nitrogens with one attached hydrogen (secondary N) is 3. The van der Waals surface area contributed by atoms with E-state index in [1.165, 1.54) is 11.1 Å². The first-order valence-corrected chi connectivity index (χ1v) is 10.3. The topological polar surface area (TPSA) is 70.2 Å². The number of hydrogen-bond donors (Lipinski definition) is 3. The number of fused-ring (bicyclic) bond motifs is 1. The van der Waals surface area contributed by atoms with Crippen molar-refractivity contribution in [3.05, 3.63) is 64.7 Å². The minimum absolute atomic E-state index is 0. The van der Waals surface area contributed by atoms with Crippen molar-refractivity contribution in [3.63, 3.8) is 0 Å². The molecule has 0 aliphatic carbocycles. The lowest BCUT2D eigenvalue weighted by Crippen LogP contribution is -2.53. The summed E-state index contributed by atoms with van der Waals surface area (Å²) in [7, 11) is 0. The van der Waals surface area contributed by atoms with Crippen molar-refractivity contribution in [1.29, 1.82) is 0 Å². The van der Waals surface area contributed by atoms with E-state index in [1.807, 2.05) is 44.2 Å². The normalized spacial score (nSPS) is 16.2. The number of amides is 2. The standard InChI is InChI=1S/C24H31N3O2.ClH/c1-15(2)11-22(24(29)26-20-10-9-16(3)12-17(20)4)27-23(28)21-13-18-7-5-6-8-19(18)14-25-21;/h5-10,12,15,21-22,25H,11,13-14H2,1-4H3,(H,26,29)(H,27,28);1H/t21-,22-;/m0./s1. The molecule has 1 aliphatic rings. The molecule has 2 aromatic rings. The van der Waals surface area contributed by atoms with Crippen LogP contribution in [0, 0.1) is 19.8 Å². The Bertz CT molecular complexity index is 898. The Morgan fingerprint density at radius 2 is 1.80 bits per heavy atom. The zero-order chi connectivity index (χ0) is 21.0. The molecule has 0 unspecified atom stereocenters. The van der Waals surface area contributed by atoms with Crippen molar-refractivity contribution in [2.24, 2.45) is 5.92 Å². The van der Waals surface area contributed by atoms with Crippen LogP contribution in [-0.4, -0.2) is 23.9 Å². The Labute approximate surface area is 185 Å². The van der Waals surface area contributed by atoms with Gasteiger partial charge in [-0.15, -0.1) is 12.4 Å². The van der Waals surface area contributed by atoms with Crippen LogP contribution < -0.4 is 16.0 Å². The van der Waals surface area contributed by atoms with E-state index in [9.17, 15) is 9.59 Å². The fraction of sp³-hybridized carbons (Fsp3) is 0.417. The van der Waals surface area contributed by atoms with Gasteiger partial charge in [-0.25, -0.2) is 0 Å². The van der Waals surface area contributed by atoms with Gasteiger partial charge in [-0.1, -0.05) is 55.8 Å². The second-order valence-corrected chi connectivity index (χ2v) is 8.40. The fourth-order valence-electron chi connectivity index (χ4n) is 3.79. The molecule has 30 heavy (non-hydrogen) atoms. The lowest BCUT2D eigenvalue weighted by atomic mass is 9.95. The highest BCUT2D eigenvalue weighted by molar-refractivity contribution is 5.98. The Balaban J connectivity index is 0.00000320. The van der Waals surface area contributed by atoms with Crippen molar-refractivity contribution in [2.75, 3.05) is 5.32 Å². The summed E-state index contributed by atoms with van der Waals surface area (Å²) < 4.78 is 0. The lowest BCUT2D eigenvalue weighted by Gasteiger charge is -2.28. The molecule has 2 aromatic carbocycles. The molecular formula is C24H32ClN3O2. The Kier molecular flexibility index (Phi) is 8.44. The van der Waals surface area contributed by atoms with Crippen molar-refractivity contribution in [1.82, 2.24) is 10.6 Å². The molecule has 6 heteroatoms. The second kappa shape index (κ2) is 10.6. The molecule has 0 aromatic heterocycles. The van der Waals surface area contributed by atoms with Crippen molar-refractivity contribution in [3.8, 4) is 0 Å². The van der Waals surface area contributed by atoms with Crippen LogP contribution in [0.3, 0.4) is 0 Å². The van der Waals surface area contributed by atoms with Gasteiger partial charge in [-0.2, -0.15) is 0 Å². The first-order chi connectivity index (χ1) is 13.8. The molecule has 1 aliphatic heterocycles. The van der Waals surface area contributed by atoms with E-state index in [4.69, 9.17) is 0 Å². The number of carbonyl (C=O) groups is 2. The van der Waals surface area contributed by atoms with Gasteiger partial charge >= 0.3 is 0 Å². The average Bonchev–Trinajstić information content (AvgIpc) is 2.68. The molecule has 162 valence electrons. The molecule has 2 atom stereocenters. The van der Waals surface area contributed by atoms with E-state index < -0.39 is 6.04 Å². The summed E-state index contributed by atoms with van der Waals surface area (Å²) in [5.74, 6) is -0.0126. The molecule has 0 bridgehead atoms. The maximum atomic E-state index is 13.0. The maximum absolute atomic E-state index is 13.0. The third-order valence-corrected chi connectivity index (χ3v) is 5.38. The summed E-state index contributed by atoms with van der Waals surface area (Å²) in [5, 5.41) is 9.27. The van der Waals surface area contributed by atoms with Gasteiger partial charge in [0.15, 0.2) is 0 Å². The second-order valence-electron chi connectivity index (χ2n) is 8.40. The summed E-state index contributed by atoms with van der Waals surface area (Å²) in [4.78, 5) is 25.9. The minimum atomic E-state index is -0.567. The molecule has 2 amide bonds. The van der Waals surface area contributed by atoms with Crippen LogP contribution in [0.1, 0.15) is 42.5 Å². The van der Waals surface area contributed by atoms with Crippen LogP contribution >= 0.6 is 12.4 Å². The van der Waals surface area contributed by atoms with E-state index in [0.717, 1.165) is 16.8 Å². The number of anilines is 1. The number of carbonyl (C=O) groups excluding carboxylic acids is 2. The average molecular weight is 430 g/mol. The Morgan fingerprint density at radius 1 is 1.10 bits per heavy atom. The molecule has 0 spiro atoms. The number of rotatable bonds is 6. The van der Waals surface area contributed by atoms with E-state index in [0.29, 0.717) is 19.4 Å². The molecular weight excluding hydrogens is 398 g/mol. The number of aryl methyl sites for hydroxylation is 2. The van der Waals surface area contributed by atoms with Crippen LogP contribution in [0.2, 0.25) is 0 Å². The first kappa shape index (κ1) is 23.9. The first-order valence-electron chi connectivity index (χ1n) is 10.3. The molecule has 0 radical (unpaired) electrons. The molecule has 0 saturated carbocycles. The van der Waals surface area contributed by atoms with Gasteiger partial charge in [0, 0.05) is 12.2 Å². The third-order valence-electron chi connectivity index (χ3n) is 5.38. The zero-order valence-electron chi connectivity index (χ0n) is 18.1. The van der Waals surface area contributed by atoms with Crippen molar-refractivity contribution >= 4 is 29.9 Å². The van der Waals surface area contributed by atoms with Gasteiger partial charge in [0.25, 0.3) is 0 Å². The predicted molar refractivity (Wildman–Crippen MR) is 124 cm³/mol. The maximum Gasteiger partial charge on any atom is 0.246 e. The summed E-state index contributed by atoms with van der Waals surface area (Å²) in [6.07, 6.45) is 1.22. The number of benzene rings is 2. The quantitative estimate of drug-likeness (QED) is 0.652. The Hall–Kier alpha value is -2.37. The highest BCUT2D eigenvalue weighted by Gasteiger charge is 2.28. The smallest absolute Gasteiger partial charge is 0.246 e. The van der Waals surface area contributed by atoms with Crippen molar-refractivity contribution < 1.29 is 9.59 Å². The van der Waals surface area contributed by atoms with Gasteiger partial charge in [-0.3, -0.25) is 9.59 Å². The van der Waals surface area contributed by atoms with Gasteiger partial charge in [0.05, 0.1) is 6.04 Å². The van der Waals surface area contributed by atoms with Crippen LogP contribution in [-0.2, 0) is 22.6 Å². The van der Waals surface area contributed by atoms with Crippen LogP contribution in [0.5, 0.6) is 0 Å². The van der Waals surface area contributed by atoms with Crippen LogP contribution in [0.4, 0.5) is 5.69 Å².